The van der Waals surface area contributed by atoms with Gasteiger partial charge in [-0.15, -0.1) is 0 Å². The molecule has 35 heavy (non-hydrogen) atoms. The van der Waals surface area contributed by atoms with E-state index < -0.39 is 11.2 Å². The molecule has 0 saturated heterocycles. The number of hydrogen-bond donors (Lipinski definition) is 3. The summed E-state index contributed by atoms with van der Waals surface area (Å²) in [4.78, 5) is 0. The number of aliphatic hydroxyl groups is 2. The molecule has 0 aliphatic carbocycles. The van der Waals surface area contributed by atoms with Crippen LogP contribution in [0.2, 0.25) is 0 Å². The van der Waals surface area contributed by atoms with Crippen molar-refractivity contribution in [3.63, 3.8) is 0 Å². The Kier molecular flexibility index (Phi) is 40.5. The molecule has 0 radical (unpaired) electrons. The fraction of sp³-hybridized carbons (Fsp3) is 0.429. The van der Waals surface area contributed by atoms with Gasteiger partial charge in [-0.1, -0.05) is 18.2 Å². The molecule has 0 aromatic heterocycles. The molecule has 0 heterocycles. The minimum atomic E-state index is -0.500. The summed E-state index contributed by atoms with van der Waals surface area (Å²) in [6, 6.07) is 19.4. The van der Waals surface area contributed by atoms with Crippen molar-refractivity contribution in [2.45, 2.75) is 79.1 Å². The van der Waals surface area contributed by atoms with Crippen molar-refractivity contribution in [1.29, 1.82) is 0 Å². The number of benzene rings is 2. The zero-order valence-corrected chi connectivity index (χ0v) is 28.9. The van der Waals surface area contributed by atoms with Crippen molar-refractivity contribution in [1.82, 2.24) is 0 Å². The van der Waals surface area contributed by atoms with E-state index in [0.29, 0.717) is 0 Å². The van der Waals surface area contributed by atoms with Crippen molar-refractivity contribution in [2.24, 2.45) is 6.68 Å². The van der Waals surface area contributed by atoms with E-state index in [1.165, 1.54) is 41.8 Å². The molecule has 2 rings (SSSR count). The summed E-state index contributed by atoms with van der Waals surface area (Å²) in [7, 11) is 0. The second-order valence-electron chi connectivity index (χ2n) is 9.46. The summed E-state index contributed by atoms with van der Waals surface area (Å²) in [5, 5.41) is 17.0. The molecule has 0 aliphatic rings. The Labute approximate surface area is 243 Å². The zero-order valence-electron chi connectivity index (χ0n) is 24.5. The van der Waals surface area contributed by atoms with Gasteiger partial charge in [0, 0.05) is 5.69 Å². The van der Waals surface area contributed by atoms with E-state index in [1.807, 2.05) is 60.7 Å². The van der Waals surface area contributed by atoms with E-state index in [2.05, 4.69) is 27.4 Å². The molecule has 7 heteroatoms. The molecule has 0 aliphatic heterocycles. The number of nitrogens with zero attached hydrogens (tertiary/aromatic N) is 2. The summed E-state index contributed by atoms with van der Waals surface area (Å²) in [6.45, 7) is 16.7. The second kappa shape index (κ2) is 27.8. The van der Waals surface area contributed by atoms with Crippen LogP contribution >= 0.6 is 0 Å². The molecule has 2 aromatic carbocycles. The average molecular weight is 650 g/mol. The molecular weight excluding hydrogens is 596 g/mol. The first-order chi connectivity index (χ1) is 13.9. The standard InChI is InChI=1S/C6H7N.C6H5N.C4H9N.2C4H10O.4CH3.2Nb/c2*7-6-4-2-1-3-5-6;3*1-4(2,3)5;;;;;;/h1-5H,7H2;1-5H;1-3H3;2*5H,1-3H3;4*1H3;;/q;;;;;4*-1;;. The SMILES string of the molecule is CC(C)(C)O.CC(C)(C)O.CC(C)(C)[N]=[Nb].Nc1ccccc1.[CH3-].[CH3-].[CH3-].[CH3-].[Nb]=[N]c1ccccc1. The Hall–Kier alpha value is -0.759. The maximum atomic E-state index is 8.52. The third-order valence-electron chi connectivity index (χ3n) is 1.97. The summed E-state index contributed by atoms with van der Waals surface area (Å²) in [5.74, 6) is 0. The monoisotopic (exact) mass is 649 g/mol. The number of nitrogen functional groups attached to an aromatic ring is 1. The molecule has 4 N–H and O–H groups in total. The zero-order chi connectivity index (χ0) is 25.1. The van der Waals surface area contributed by atoms with Crippen molar-refractivity contribution >= 4 is 11.4 Å². The normalized spacial score (nSPS) is 8.94. The van der Waals surface area contributed by atoms with E-state index >= 15 is 0 Å². The summed E-state index contributed by atoms with van der Waals surface area (Å²) in [5.41, 5.74) is 6.43. The Morgan fingerprint density at radius 1 is 0.600 bits per heavy atom. The molecule has 0 saturated carbocycles. The molecule has 0 fully saturated rings. The van der Waals surface area contributed by atoms with Crippen LogP contribution in [-0.4, -0.2) is 27.0 Å². The predicted octanol–water partition coefficient (Wildman–Crippen LogP) is 8.19. The van der Waals surface area contributed by atoms with Gasteiger partial charge < -0.3 is 45.7 Å². The number of nitrogens with two attached hydrogens (primary N) is 1. The Bertz CT molecular complexity index is 653. The van der Waals surface area contributed by atoms with Gasteiger partial charge in [0.1, 0.15) is 0 Å². The van der Waals surface area contributed by atoms with Gasteiger partial charge in [0.2, 0.25) is 0 Å². The quantitative estimate of drug-likeness (QED) is 0.165. The van der Waals surface area contributed by atoms with Crippen LogP contribution in [0.25, 0.3) is 0 Å². The van der Waals surface area contributed by atoms with Crippen LogP contribution in [0.3, 0.4) is 0 Å². The van der Waals surface area contributed by atoms with Crippen LogP contribution in [0, 0.1) is 29.7 Å². The molecule has 206 valence electrons. The first-order valence-electron chi connectivity index (χ1n) is 9.90. The first kappa shape index (κ1) is 51.0. The summed E-state index contributed by atoms with van der Waals surface area (Å²) < 4.78 is 8.09. The topological polar surface area (TPSA) is 91.2 Å². The van der Waals surface area contributed by atoms with Gasteiger partial charge in [0.25, 0.3) is 0 Å². The fourth-order valence-electron chi connectivity index (χ4n) is 0.948. The van der Waals surface area contributed by atoms with Crippen LogP contribution < -0.4 is 5.73 Å². The Morgan fingerprint density at radius 2 is 0.829 bits per heavy atom. The van der Waals surface area contributed by atoms with Crippen molar-refractivity contribution < 1.29 is 52.0 Å². The van der Waals surface area contributed by atoms with Gasteiger partial charge in [-0.2, -0.15) is 0 Å². The minimum absolute atomic E-state index is 0. The molecule has 0 atom stereocenters. The summed E-state index contributed by atoms with van der Waals surface area (Å²) >= 11 is 2.99. The number of para-hydroxylation sites is 1. The van der Waals surface area contributed by atoms with Crippen molar-refractivity contribution in [3.8, 4) is 0 Å². The van der Waals surface area contributed by atoms with Crippen LogP contribution in [0.4, 0.5) is 11.4 Å². The molecular formula is C28H53N3Nb2O2-4. The number of hydrogen-bond acceptors (Lipinski definition) is 5. The van der Waals surface area contributed by atoms with E-state index in [9.17, 15) is 0 Å². The Morgan fingerprint density at radius 3 is 0.943 bits per heavy atom. The maximum absolute atomic E-state index is 8.52. The van der Waals surface area contributed by atoms with E-state index in [1.54, 1.807) is 41.5 Å². The van der Waals surface area contributed by atoms with Gasteiger partial charge in [-0.3, -0.25) is 0 Å². The van der Waals surface area contributed by atoms with Gasteiger partial charge in [0.05, 0.1) is 11.2 Å². The first-order valence-corrected chi connectivity index (χ1v) is 11.9. The van der Waals surface area contributed by atoms with Gasteiger partial charge in [0.15, 0.2) is 0 Å². The van der Waals surface area contributed by atoms with Gasteiger partial charge in [-0.05, 0) is 53.7 Å². The van der Waals surface area contributed by atoms with Crippen molar-refractivity contribution in [2.75, 3.05) is 5.73 Å². The van der Waals surface area contributed by atoms with Crippen LogP contribution in [0.5, 0.6) is 0 Å². The van der Waals surface area contributed by atoms with Crippen molar-refractivity contribution in [3.05, 3.63) is 90.4 Å². The number of anilines is 1. The van der Waals surface area contributed by atoms with Crippen LogP contribution in [0.1, 0.15) is 62.3 Å². The fourth-order valence-corrected chi connectivity index (χ4v) is 1.28. The molecule has 0 unspecified atom stereocenters. The third kappa shape index (κ3) is 79.2. The molecule has 2 aromatic rings. The van der Waals surface area contributed by atoms with E-state index in [4.69, 9.17) is 15.9 Å². The predicted molar refractivity (Wildman–Crippen MR) is 151 cm³/mol. The third-order valence-corrected chi connectivity index (χ3v) is 4.01. The van der Waals surface area contributed by atoms with Gasteiger partial charge in [-0.25, -0.2) is 0 Å². The Balaban J connectivity index is -0.0000000552. The van der Waals surface area contributed by atoms with Gasteiger partial charge >= 0.3 is 111 Å². The van der Waals surface area contributed by atoms with E-state index in [0.717, 1.165) is 11.4 Å². The summed E-state index contributed by atoms with van der Waals surface area (Å²) in [6.07, 6.45) is 0. The van der Waals surface area contributed by atoms with Crippen LogP contribution in [-0.2, 0) is 41.8 Å². The molecule has 0 amide bonds. The van der Waals surface area contributed by atoms with E-state index in [-0.39, 0.29) is 35.2 Å². The molecule has 0 bridgehead atoms. The number of rotatable bonds is 1. The molecule has 5 nitrogen and oxygen atoms in total. The van der Waals surface area contributed by atoms with Crippen LogP contribution in [0.15, 0.2) is 67.3 Å². The average Bonchev–Trinajstić information content (AvgIpc) is 2.61. The second-order valence-corrected chi connectivity index (χ2v) is 10.4. The molecule has 0 spiro atoms.